The number of methoxy groups -OCH3 is 2. The molecule has 0 bridgehead atoms. The Labute approximate surface area is 143 Å². The Morgan fingerprint density at radius 1 is 1.04 bits per heavy atom. The normalized spacial score (nSPS) is 23.2. The van der Waals surface area contributed by atoms with Gasteiger partial charge in [0, 0.05) is 12.5 Å². The molecular weight excluding hydrogens is 304 g/mol. The van der Waals surface area contributed by atoms with E-state index < -0.39 is 0 Å². The first-order valence-corrected chi connectivity index (χ1v) is 8.25. The molecule has 1 fully saturated rings. The number of rotatable bonds is 6. The summed E-state index contributed by atoms with van der Waals surface area (Å²) in [4.78, 5) is 0. The molecule has 2 aromatic rings. The summed E-state index contributed by atoms with van der Waals surface area (Å²) in [6.07, 6.45) is 0.802. The third-order valence-electron chi connectivity index (χ3n) is 4.77. The Balaban J connectivity index is 1.76. The highest BCUT2D eigenvalue weighted by molar-refractivity contribution is 5.43. The fraction of sp³-hybridized carbons (Fsp3) is 0.400. The molecule has 1 N–H and O–H groups in total. The van der Waals surface area contributed by atoms with E-state index in [1.165, 1.54) is 0 Å². The molecule has 0 aromatic heterocycles. The van der Waals surface area contributed by atoms with Gasteiger partial charge in [0.15, 0.2) is 11.5 Å². The van der Waals surface area contributed by atoms with Gasteiger partial charge in [0.25, 0.3) is 0 Å². The van der Waals surface area contributed by atoms with E-state index in [-0.39, 0.29) is 24.5 Å². The number of hydrogen-bond donors (Lipinski definition) is 1. The molecule has 1 aliphatic rings. The summed E-state index contributed by atoms with van der Waals surface area (Å²) < 4.78 is 16.7. The molecule has 3 rings (SSSR count). The van der Waals surface area contributed by atoms with Crippen molar-refractivity contribution < 1.29 is 19.3 Å². The topological polar surface area (TPSA) is 47.9 Å². The molecule has 0 unspecified atom stereocenters. The van der Waals surface area contributed by atoms with Crippen LogP contribution in [-0.4, -0.2) is 32.5 Å². The zero-order valence-corrected chi connectivity index (χ0v) is 14.1. The Morgan fingerprint density at radius 3 is 2.46 bits per heavy atom. The van der Waals surface area contributed by atoms with Gasteiger partial charge in [-0.05, 0) is 35.6 Å². The fourth-order valence-electron chi connectivity index (χ4n) is 3.47. The van der Waals surface area contributed by atoms with E-state index in [0.717, 1.165) is 29.0 Å². The second-order valence-electron chi connectivity index (χ2n) is 6.16. The Bertz CT molecular complexity index is 656. The summed E-state index contributed by atoms with van der Waals surface area (Å²) in [5.74, 6) is 1.83. The Hall–Kier alpha value is -2.04. The van der Waals surface area contributed by atoms with Crippen molar-refractivity contribution in [2.24, 2.45) is 11.8 Å². The van der Waals surface area contributed by atoms with Crippen molar-refractivity contribution in [3.8, 4) is 11.5 Å². The van der Waals surface area contributed by atoms with Gasteiger partial charge >= 0.3 is 0 Å². The Morgan fingerprint density at radius 2 is 1.79 bits per heavy atom. The molecule has 24 heavy (non-hydrogen) atoms. The maximum absolute atomic E-state index is 9.90. The maximum atomic E-state index is 9.90. The van der Waals surface area contributed by atoms with Gasteiger partial charge in [-0.3, -0.25) is 0 Å². The van der Waals surface area contributed by atoms with E-state index in [9.17, 15) is 5.11 Å². The first kappa shape index (κ1) is 16.8. The van der Waals surface area contributed by atoms with Crippen molar-refractivity contribution >= 4 is 0 Å². The first-order chi connectivity index (χ1) is 11.8. The maximum Gasteiger partial charge on any atom is 0.160 e. The van der Waals surface area contributed by atoms with E-state index in [1.54, 1.807) is 14.2 Å². The fourth-order valence-corrected chi connectivity index (χ4v) is 3.47. The van der Waals surface area contributed by atoms with Gasteiger partial charge < -0.3 is 19.3 Å². The van der Waals surface area contributed by atoms with Crippen LogP contribution in [0.2, 0.25) is 0 Å². The lowest BCUT2D eigenvalue weighted by atomic mass is 9.84. The van der Waals surface area contributed by atoms with Crippen LogP contribution in [-0.2, 0) is 11.2 Å². The predicted octanol–water partition coefficient (Wildman–Crippen LogP) is 3.24. The summed E-state index contributed by atoms with van der Waals surface area (Å²) in [6, 6.07) is 16.1. The van der Waals surface area contributed by atoms with Crippen LogP contribution in [0.5, 0.6) is 11.5 Å². The van der Waals surface area contributed by atoms with Crippen molar-refractivity contribution in [3.05, 3.63) is 59.7 Å². The van der Waals surface area contributed by atoms with Crippen molar-refractivity contribution in [2.45, 2.75) is 12.5 Å². The zero-order valence-electron chi connectivity index (χ0n) is 14.1. The quantitative estimate of drug-likeness (QED) is 0.884. The summed E-state index contributed by atoms with van der Waals surface area (Å²) in [5, 5.41) is 9.90. The molecule has 1 saturated heterocycles. The number of hydrogen-bond acceptors (Lipinski definition) is 4. The largest absolute Gasteiger partial charge is 0.493 e. The standard InChI is InChI=1S/C20H24O4/c1-22-18-9-8-14(11-19(18)23-2)10-16-13-24-20(17(16)12-21)15-6-4-3-5-7-15/h3-9,11,16-17,20-21H,10,12-13H2,1-2H3/t16-,17-,20+/m0/s1. The van der Waals surface area contributed by atoms with Crippen molar-refractivity contribution in [1.29, 1.82) is 0 Å². The molecule has 3 atom stereocenters. The highest BCUT2D eigenvalue weighted by atomic mass is 16.5. The van der Waals surface area contributed by atoms with Crippen LogP contribution in [0.1, 0.15) is 17.2 Å². The second kappa shape index (κ2) is 7.69. The van der Waals surface area contributed by atoms with Gasteiger partial charge in [-0.15, -0.1) is 0 Å². The van der Waals surface area contributed by atoms with Crippen molar-refractivity contribution in [3.63, 3.8) is 0 Å². The number of aliphatic hydroxyl groups is 1. The highest BCUT2D eigenvalue weighted by Gasteiger charge is 2.37. The number of benzene rings is 2. The molecule has 0 aliphatic carbocycles. The van der Waals surface area contributed by atoms with Crippen molar-refractivity contribution in [1.82, 2.24) is 0 Å². The molecule has 0 saturated carbocycles. The molecule has 0 spiro atoms. The smallest absolute Gasteiger partial charge is 0.160 e. The lowest BCUT2D eigenvalue weighted by Crippen LogP contribution is -2.21. The van der Waals surface area contributed by atoms with Crippen LogP contribution in [0.25, 0.3) is 0 Å². The van der Waals surface area contributed by atoms with Crippen LogP contribution in [0.15, 0.2) is 48.5 Å². The number of aliphatic hydroxyl groups excluding tert-OH is 1. The average molecular weight is 328 g/mol. The molecule has 2 aromatic carbocycles. The van der Waals surface area contributed by atoms with Gasteiger partial charge in [-0.1, -0.05) is 36.4 Å². The van der Waals surface area contributed by atoms with E-state index >= 15 is 0 Å². The monoisotopic (exact) mass is 328 g/mol. The van der Waals surface area contributed by atoms with Gasteiger partial charge in [0.2, 0.25) is 0 Å². The lowest BCUT2D eigenvalue weighted by molar-refractivity contribution is 0.0719. The summed E-state index contributed by atoms with van der Waals surface area (Å²) in [6.45, 7) is 0.774. The first-order valence-electron chi connectivity index (χ1n) is 8.25. The Kier molecular flexibility index (Phi) is 5.38. The van der Waals surface area contributed by atoms with Crippen LogP contribution in [0.4, 0.5) is 0 Å². The molecular formula is C20H24O4. The molecule has 1 aliphatic heterocycles. The minimum absolute atomic E-state index is 0.0404. The van der Waals surface area contributed by atoms with E-state index in [1.807, 2.05) is 36.4 Å². The third kappa shape index (κ3) is 3.40. The molecule has 0 radical (unpaired) electrons. The van der Waals surface area contributed by atoms with Crippen molar-refractivity contribution in [2.75, 3.05) is 27.4 Å². The second-order valence-corrected chi connectivity index (χ2v) is 6.16. The summed E-state index contributed by atoms with van der Waals surface area (Å²) >= 11 is 0. The highest BCUT2D eigenvalue weighted by Crippen LogP contribution is 2.40. The van der Waals surface area contributed by atoms with Crippen LogP contribution in [0.3, 0.4) is 0 Å². The van der Waals surface area contributed by atoms with Crippen LogP contribution in [0, 0.1) is 11.8 Å². The minimum atomic E-state index is -0.0404. The van der Waals surface area contributed by atoms with Gasteiger partial charge in [0.05, 0.1) is 26.9 Å². The molecule has 1 heterocycles. The van der Waals surface area contributed by atoms with E-state index in [4.69, 9.17) is 14.2 Å². The van der Waals surface area contributed by atoms with Gasteiger partial charge in [-0.2, -0.15) is 0 Å². The van der Waals surface area contributed by atoms with Crippen LogP contribution >= 0.6 is 0 Å². The summed E-state index contributed by atoms with van der Waals surface area (Å²) in [7, 11) is 3.27. The molecule has 128 valence electrons. The zero-order chi connectivity index (χ0) is 16.9. The molecule has 4 heteroatoms. The number of ether oxygens (including phenoxy) is 3. The van der Waals surface area contributed by atoms with Gasteiger partial charge in [0.1, 0.15) is 0 Å². The minimum Gasteiger partial charge on any atom is -0.493 e. The average Bonchev–Trinajstić information content (AvgIpc) is 3.04. The van der Waals surface area contributed by atoms with Gasteiger partial charge in [-0.25, -0.2) is 0 Å². The SMILES string of the molecule is COc1ccc(C[C@H]2CO[C@H](c3ccccc3)[C@H]2CO)cc1OC. The summed E-state index contributed by atoms with van der Waals surface area (Å²) in [5.41, 5.74) is 2.29. The van der Waals surface area contributed by atoms with Crippen LogP contribution < -0.4 is 9.47 Å². The lowest BCUT2D eigenvalue weighted by Gasteiger charge is -2.21. The van der Waals surface area contributed by atoms with E-state index in [2.05, 4.69) is 12.1 Å². The van der Waals surface area contributed by atoms with E-state index in [0.29, 0.717) is 6.61 Å². The molecule has 0 amide bonds. The predicted molar refractivity (Wildman–Crippen MR) is 92.5 cm³/mol. The third-order valence-corrected chi connectivity index (χ3v) is 4.77. The molecule has 4 nitrogen and oxygen atoms in total.